The molecular weight excluding hydrogens is 200 g/mol. The molecule has 0 aromatic heterocycles. The van der Waals surface area contributed by atoms with E-state index in [4.69, 9.17) is 0 Å². The molecule has 0 unspecified atom stereocenters. The number of carbonyl (C=O) groups excluding carboxylic acids is 1. The van der Waals surface area contributed by atoms with Gasteiger partial charge in [-0.15, -0.1) is 0 Å². The Labute approximate surface area is 95.6 Å². The van der Waals surface area contributed by atoms with E-state index in [9.17, 15) is 4.79 Å². The fourth-order valence-electron chi connectivity index (χ4n) is 2.07. The number of aryl methyl sites for hydroxylation is 1. The molecule has 0 bridgehead atoms. The number of ether oxygens (including phenoxy) is 1. The summed E-state index contributed by atoms with van der Waals surface area (Å²) in [6.45, 7) is 0. The predicted molar refractivity (Wildman–Crippen MR) is 62.0 cm³/mol. The van der Waals surface area contributed by atoms with E-state index in [0.29, 0.717) is 0 Å². The lowest BCUT2D eigenvalue weighted by molar-refractivity contribution is -0.133. The molecular formula is C14H14O2. The molecule has 2 rings (SSSR count). The van der Waals surface area contributed by atoms with E-state index < -0.39 is 5.97 Å². The normalized spacial score (nSPS) is 13.3. The zero-order chi connectivity index (χ0) is 11.4. The number of fused-ring (bicyclic) bond motifs is 1. The lowest BCUT2D eigenvalue weighted by atomic mass is 9.88. The smallest absolute Gasteiger partial charge is 0.384 e. The molecule has 82 valence electrons. The van der Waals surface area contributed by atoms with Crippen molar-refractivity contribution in [2.45, 2.75) is 25.7 Å². The third-order valence-corrected chi connectivity index (χ3v) is 2.88. The van der Waals surface area contributed by atoms with Crippen LogP contribution in [0.3, 0.4) is 0 Å². The van der Waals surface area contributed by atoms with Gasteiger partial charge in [0.2, 0.25) is 0 Å². The largest absolute Gasteiger partial charge is 0.459 e. The quantitative estimate of drug-likeness (QED) is 0.488. The van der Waals surface area contributed by atoms with Gasteiger partial charge in [-0.25, -0.2) is 4.79 Å². The maximum absolute atomic E-state index is 11.0. The van der Waals surface area contributed by atoms with Gasteiger partial charge in [-0.1, -0.05) is 18.1 Å². The van der Waals surface area contributed by atoms with Gasteiger partial charge < -0.3 is 4.74 Å². The summed E-state index contributed by atoms with van der Waals surface area (Å²) in [5, 5.41) is 0. The van der Waals surface area contributed by atoms with Gasteiger partial charge in [0.05, 0.1) is 7.11 Å². The average Bonchev–Trinajstić information content (AvgIpc) is 2.35. The number of hydrogen-bond donors (Lipinski definition) is 0. The molecule has 2 heteroatoms. The van der Waals surface area contributed by atoms with E-state index in [1.807, 2.05) is 12.1 Å². The van der Waals surface area contributed by atoms with Crippen LogP contribution in [0, 0.1) is 11.8 Å². The summed E-state index contributed by atoms with van der Waals surface area (Å²) in [6, 6.07) is 6.13. The molecule has 16 heavy (non-hydrogen) atoms. The van der Waals surface area contributed by atoms with E-state index in [-0.39, 0.29) is 0 Å². The average molecular weight is 214 g/mol. The number of carbonyl (C=O) groups is 1. The van der Waals surface area contributed by atoms with Crippen LogP contribution in [0.25, 0.3) is 0 Å². The Hall–Kier alpha value is -1.75. The topological polar surface area (TPSA) is 26.3 Å². The second-order valence-electron chi connectivity index (χ2n) is 3.89. The van der Waals surface area contributed by atoms with Crippen LogP contribution < -0.4 is 0 Å². The number of hydrogen-bond acceptors (Lipinski definition) is 2. The minimum atomic E-state index is -0.478. The standard InChI is InChI=1S/C14H14O2/c1-16-14(15)10-9-12-7-4-6-11-5-2-3-8-13(11)12/h4,6-7H,2-3,5,8H2,1H3. The van der Waals surface area contributed by atoms with Crippen molar-refractivity contribution in [1.82, 2.24) is 0 Å². The SMILES string of the molecule is COC(=O)C#Cc1cccc2c1CCCC2. The van der Waals surface area contributed by atoms with Gasteiger partial charge in [-0.2, -0.15) is 0 Å². The van der Waals surface area contributed by atoms with Gasteiger partial charge in [0.25, 0.3) is 0 Å². The molecule has 1 aliphatic rings. The van der Waals surface area contributed by atoms with E-state index in [1.165, 1.54) is 31.1 Å². The van der Waals surface area contributed by atoms with Crippen molar-refractivity contribution in [2.24, 2.45) is 0 Å². The summed E-state index contributed by atoms with van der Waals surface area (Å²) in [5.74, 6) is 4.91. The highest BCUT2D eigenvalue weighted by Gasteiger charge is 2.11. The Bertz CT molecular complexity index is 463. The van der Waals surface area contributed by atoms with Crippen LogP contribution in [0.15, 0.2) is 18.2 Å². The van der Waals surface area contributed by atoms with Crippen molar-refractivity contribution >= 4 is 5.97 Å². The molecule has 0 saturated heterocycles. The monoisotopic (exact) mass is 214 g/mol. The zero-order valence-corrected chi connectivity index (χ0v) is 9.38. The summed E-state index contributed by atoms with van der Waals surface area (Å²) in [4.78, 5) is 11.0. The van der Waals surface area contributed by atoms with Crippen molar-refractivity contribution in [3.05, 3.63) is 34.9 Å². The van der Waals surface area contributed by atoms with E-state index >= 15 is 0 Å². The highest BCUT2D eigenvalue weighted by molar-refractivity contribution is 5.89. The first-order chi connectivity index (χ1) is 7.81. The Balaban J connectivity index is 2.33. The minimum Gasteiger partial charge on any atom is -0.459 e. The van der Waals surface area contributed by atoms with Crippen LogP contribution in [0.5, 0.6) is 0 Å². The fraction of sp³-hybridized carbons (Fsp3) is 0.357. The van der Waals surface area contributed by atoms with Crippen LogP contribution in [0.4, 0.5) is 0 Å². The van der Waals surface area contributed by atoms with Crippen LogP contribution in [0.2, 0.25) is 0 Å². The van der Waals surface area contributed by atoms with E-state index in [2.05, 4.69) is 22.6 Å². The molecule has 0 aliphatic heterocycles. The van der Waals surface area contributed by atoms with Crippen molar-refractivity contribution < 1.29 is 9.53 Å². The summed E-state index contributed by atoms with van der Waals surface area (Å²) in [6.07, 6.45) is 4.66. The molecule has 0 spiro atoms. The first-order valence-electron chi connectivity index (χ1n) is 5.52. The van der Waals surface area contributed by atoms with Gasteiger partial charge in [-0.3, -0.25) is 0 Å². The summed E-state index contributed by atoms with van der Waals surface area (Å²) < 4.78 is 4.50. The minimum absolute atomic E-state index is 0.478. The molecule has 0 heterocycles. The first kappa shape index (κ1) is 10.8. The number of rotatable bonds is 0. The summed E-state index contributed by atoms with van der Waals surface area (Å²) in [7, 11) is 1.34. The number of methoxy groups -OCH3 is 1. The molecule has 2 nitrogen and oxygen atoms in total. The number of esters is 1. The Morgan fingerprint density at radius 2 is 2.12 bits per heavy atom. The van der Waals surface area contributed by atoms with Crippen molar-refractivity contribution in [3.63, 3.8) is 0 Å². The lowest BCUT2D eigenvalue weighted by Crippen LogP contribution is -2.04. The molecule has 0 atom stereocenters. The molecule has 1 aliphatic carbocycles. The first-order valence-corrected chi connectivity index (χ1v) is 5.52. The number of benzene rings is 1. The van der Waals surface area contributed by atoms with Crippen LogP contribution in [-0.2, 0) is 22.4 Å². The summed E-state index contributed by atoms with van der Waals surface area (Å²) in [5.41, 5.74) is 3.66. The van der Waals surface area contributed by atoms with Gasteiger partial charge in [0, 0.05) is 11.5 Å². The van der Waals surface area contributed by atoms with Crippen LogP contribution in [0.1, 0.15) is 29.5 Å². The Morgan fingerprint density at radius 1 is 1.31 bits per heavy atom. The van der Waals surface area contributed by atoms with Gasteiger partial charge in [0.15, 0.2) is 0 Å². The molecule has 1 aromatic carbocycles. The predicted octanol–water partition coefficient (Wildman–Crippen LogP) is 2.09. The maximum atomic E-state index is 11.0. The second-order valence-corrected chi connectivity index (χ2v) is 3.89. The third kappa shape index (κ3) is 2.25. The summed E-state index contributed by atoms with van der Waals surface area (Å²) >= 11 is 0. The van der Waals surface area contributed by atoms with Crippen molar-refractivity contribution in [1.29, 1.82) is 0 Å². The van der Waals surface area contributed by atoms with Crippen molar-refractivity contribution in [3.8, 4) is 11.8 Å². The molecule has 0 N–H and O–H groups in total. The van der Waals surface area contributed by atoms with Gasteiger partial charge in [-0.05, 0) is 42.9 Å². The molecule has 0 radical (unpaired) electrons. The third-order valence-electron chi connectivity index (χ3n) is 2.88. The molecule has 1 aromatic rings. The van der Waals surface area contributed by atoms with Crippen LogP contribution in [-0.4, -0.2) is 13.1 Å². The van der Waals surface area contributed by atoms with E-state index in [1.54, 1.807) is 0 Å². The van der Waals surface area contributed by atoms with E-state index in [0.717, 1.165) is 18.4 Å². The van der Waals surface area contributed by atoms with Gasteiger partial charge >= 0.3 is 5.97 Å². The van der Waals surface area contributed by atoms with Crippen LogP contribution >= 0.6 is 0 Å². The zero-order valence-electron chi connectivity index (χ0n) is 9.38. The molecule has 0 saturated carbocycles. The second kappa shape index (κ2) is 4.85. The Morgan fingerprint density at radius 3 is 2.94 bits per heavy atom. The fourth-order valence-corrected chi connectivity index (χ4v) is 2.07. The lowest BCUT2D eigenvalue weighted by Gasteiger charge is -2.16. The van der Waals surface area contributed by atoms with Crippen molar-refractivity contribution in [2.75, 3.05) is 7.11 Å². The maximum Gasteiger partial charge on any atom is 0.384 e. The Kier molecular flexibility index (Phi) is 3.26. The highest BCUT2D eigenvalue weighted by Crippen LogP contribution is 2.23. The molecule has 0 fully saturated rings. The molecule has 0 amide bonds. The highest BCUT2D eigenvalue weighted by atomic mass is 16.5. The van der Waals surface area contributed by atoms with Gasteiger partial charge in [0.1, 0.15) is 0 Å².